The molecule has 1 aromatic rings. The molecule has 0 saturated heterocycles. The van der Waals surface area contributed by atoms with E-state index in [1.54, 1.807) is 0 Å². The Kier molecular flexibility index (Phi) is 5.77. The van der Waals surface area contributed by atoms with E-state index in [0.717, 1.165) is 26.1 Å². The highest BCUT2D eigenvalue weighted by Gasteiger charge is 2.13. The van der Waals surface area contributed by atoms with Crippen molar-refractivity contribution in [2.24, 2.45) is 0 Å². The van der Waals surface area contributed by atoms with E-state index < -0.39 is 0 Å². The van der Waals surface area contributed by atoms with Crippen molar-refractivity contribution in [3.05, 3.63) is 10.6 Å². The van der Waals surface area contributed by atoms with Crippen molar-refractivity contribution in [1.82, 2.24) is 10.3 Å². The van der Waals surface area contributed by atoms with Crippen molar-refractivity contribution in [1.29, 1.82) is 0 Å². The third-order valence-corrected chi connectivity index (χ3v) is 3.74. The van der Waals surface area contributed by atoms with Gasteiger partial charge in [-0.25, -0.2) is 4.98 Å². The van der Waals surface area contributed by atoms with Crippen molar-refractivity contribution >= 4 is 16.5 Å². The van der Waals surface area contributed by atoms with Gasteiger partial charge in [-0.2, -0.15) is 0 Å². The third-order valence-electron chi connectivity index (χ3n) is 2.58. The first-order valence-corrected chi connectivity index (χ1v) is 6.96. The van der Waals surface area contributed by atoms with E-state index in [9.17, 15) is 0 Å². The Morgan fingerprint density at radius 3 is 2.56 bits per heavy atom. The van der Waals surface area contributed by atoms with Gasteiger partial charge in [0.1, 0.15) is 0 Å². The lowest BCUT2D eigenvalue weighted by Crippen LogP contribution is -2.23. The molecule has 1 N–H and O–H groups in total. The zero-order valence-corrected chi connectivity index (χ0v) is 11.7. The molecule has 0 unspecified atom stereocenters. The van der Waals surface area contributed by atoms with Crippen molar-refractivity contribution in [2.45, 2.75) is 40.2 Å². The number of anilines is 1. The molecule has 0 spiro atoms. The van der Waals surface area contributed by atoms with Gasteiger partial charge < -0.3 is 10.2 Å². The van der Waals surface area contributed by atoms with Gasteiger partial charge in [0, 0.05) is 24.5 Å². The number of aromatic nitrogens is 1. The minimum atomic E-state index is 0.935. The number of hydrogen-bond donors (Lipinski definition) is 1. The van der Waals surface area contributed by atoms with Crippen LogP contribution >= 0.6 is 11.3 Å². The predicted octanol–water partition coefficient (Wildman–Crippen LogP) is 2.66. The number of nitrogens with one attached hydrogen (secondary N) is 1. The topological polar surface area (TPSA) is 28.2 Å². The second-order valence-corrected chi connectivity index (χ2v) is 4.89. The van der Waals surface area contributed by atoms with Gasteiger partial charge in [-0.05, 0) is 26.8 Å². The summed E-state index contributed by atoms with van der Waals surface area (Å²) in [7, 11) is 1.99. The molecule has 0 aromatic carbocycles. The molecule has 92 valence electrons. The van der Waals surface area contributed by atoms with Crippen LogP contribution in [-0.4, -0.2) is 25.1 Å². The monoisotopic (exact) mass is 241 g/mol. The van der Waals surface area contributed by atoms with E-state index in [1.807, 2.05) is 18.4 Å². The van der Waals surface area contributed by atoms with E-state index >= 15 is 0 Å². The highest BCUT2D eigenvalue weighted by molar-refractivity contribution is 7.15. The minimum Gasteiger partial charge on any atom is -0.348 e. The molecule has 4 heteroatoms. The van der Waals surface area contributed by atoms with Crippen molar-refractivity contribution in [2.75, 3.05) is 25.0 Å². The molecule has 0 aliphatic heterocycles. The molecule has 0 fully saturated rings. The fourth-order valence-electron chi connectivity index (χ4n) is 1.74. The fraction of sp³-hybridized carbons (Fsp3) is 0.750. The summed E-state index contributed by atoms with van der Waals surface area (Å²) in [6, 6.07) is 0. The molecule has 0 saturated carbocycles. The molecule has 16 heavy (non-hydrogen) atoms. The second-order valence-electron chi connectivity index (χ2n) is 3.83. The quantitative estimate of drug-likeness (QED) is 0.795. The zero-order valence-electron chi connectivity index (χ0n) is 10.8. The SMILES string of the molecule is CCCN(CC)c1nc(CC)c(CNC)s1. The van der Waals surface area contributed by atoms with Gasteiger partial charge in [-0.15, -0.1) is 11.3 Å². The summed E-state index contributed by atoms with van der Waals surface area (Å²) in [4.78, 5) is 8.49. The summed E-state index contributed by atoms with van der Waals surface area (Å²) < 4.78 is 0. The number of thiazole rings is 1. The highest BCUT2D eigenvalue weighted by atomic mass is 32.1. The number of rotatable bonds is 7. The average Bonchev–Trinajstić information content (AvgIpc) is 2.69. The minimum absolute atomic E-state index is 0.935. The largest absolute Gasteiger partial charge is 0.348 e. The normalized spacial score (nSPS) is 10.8. The van der Waals surface area contributed by atoms with Gasteiger partial charge in [0.15, 0.2) is 5.13 Å². The lowest BCUT2D eigenvalue weighted by molar-refractivity contribution is 0.783. The molecular weight excluding hydrogens is 218 g/mol. The summed E-state index contributed by atoms with van der Waals surface area (Å²) in [6.45, 7) is 9.67. The first-order valence-electron chi connectivity index (χ1n) is 6.14. The Balaban J connectivity index is 2.86. The van der Waals surface area contributed by atoms with Gasteiger partial charge in [0.2, 0.25) is 0 Å². The lowest BCUT2D eigenvalue weighted by Gasteiger charge is -2.18. The van der Waals surface area contributed by atoms with Crippen LogP contribution in [0.2, 0.25) is 0 Å². The summed E-state index contributed by atoms with van der Waals surface area (Å²) >= 11 is 1.83. The molecule has 0 atom stereocenters. The molecule has 0 bridgehead atoms. The van der Waals surface area contributed by atoms with Crippen LogP contribution in [0.5, 0.6) is 0 Å². The molecule has 1 rings (SSSR count). The lowest BCUT2D eigenvalue weighted by atomic mass is 10.3. The Labute approximate surface area is 103 Å². The Bertz CT molecular complexity index is 309. The summed E-state index contributed by atoms with van der Waals surface area (Å²) in [5.74, 6) is 0. The van der Waals surface area contributed by atoms with E-state index in [0.29, 0.717) is 0 Å². The molecule has 1 heterocycles. The van der Waals surface area contributed by atoms with Crippen molar-refractivity contribution in [3.63, 3.8) is 0 Å². The van der Waals surface area contributed by atoms with E-state index in [2.05, 4.69) is 31.0 Å². The Morgan fingerprint density at radius 2 is 2.06 bits per heavy atom. The maximum absolute atomic E-state index is 4.74. The third kappa shape index (κ3) is 3.19. The standard InChI is InChI=1S/C12H23N3S/c1-5-8-15(7-3)12-14-10(6-2)11(16-12)9-13-4/h13H,5-9H2,1-4H3. The van der Waals surface area contributed by atoms with Crippen LogP contribution < -0.4 is 10.2 Å². The van der Waals surface area contributed by atoms with Gasteiger partial charge in [-0.3, -0.25) is 0 Å². The zero-order chi connectivity index (χ0) is 12.0. The van der Waals surface area contributed by atoms with Gasteiger partial charge >= 0.3 is 0 Å². The maximum atomic E-state index is 4.74. The van der Waals surface area contributed by atoms with Gasteiger partial charge in [-0.1, -0.05) is 13.8 Å². The Morgan fingerprint density at radius 1 is 1.31 bits per heavy atom. The van der Waals surface area contributed by atoms with Crippen LogP contribution in [0, 0.1) is 0 Å². The fourth-order valence-corrected chi connectivity index (χ4v) is 2.99. The maximum Gasteiger partial charge on any atom is 0.185 e. The second kappa shape index (κ2) is 6.86. The molecule has 0 aliphatic rings. The van der Waals surface area contributed by atoms with Crippen LogP contribution in [0.3, 0.4) is 0 Å². The number of aryl methyl sites for hydroxylation is 1. The van der Waals surface area contributed by atoms with Crippen LogP contribution in [0.4, 0.5) is 5.13 Å². The molecular formula is C12H23N3S. The van der Waals surface area contributed by atoms with Crippen LogP contribution in [0.1, 0.15) is 37.8 Å². The molecule has 3 nitrogen and oxygen atoms in total. The Hall–Kier alpha value is -0.610. The van der Waals surface area contributed by atoms with Gasteiger partial charge in [0.25, 0.3) is 0 Å². The van der Waals surface area contributed by atoms with E-state index in [4.69, 9.17) is 4.98 Å². The summed E-state index contributed by atoms with van der Waals surface area (Å²) in [5.41, 5.74) is 1.25. The van der Waals surface area contributed by atoms with Crippen LogP contribution in [0.25, 0.3) is 0 Å². The first-order chi connectivity index (χ1) is 7.76. The van der Waals surface area contributed by atoms with Gasteiger partial charge in [0.05, 0.1) is 5.69 Å². The number of nitrogens with zero attached hydrogens (tertiary/aromatic N) is 2. The predicted molar refractivity (Wildman–Crippen MR) is 72.4 cm³/mol. The highest BCUT2D eigenvalue weighted by Crippen LogP contribution is 2.26. The van der Waals surface area contributed by atoms with Crippen molar-refractivity contribution in [3.8, 4) is 0 Å². The summed E-state index contributed by atoms with van der Waals surface area (Å²) in [5, 5.41) is 4.40. The van der Waals surface area contributed by atoms with E-state index in [-0.39, 0.29) is 0 Å². The average molecular weight is 241 g/mol. The van der Waals surface area contributed by atoms with Crippen LogP contribution in [0.15, 0.2) is 0 Å². The molecule has 0 aliphatic carbocycles. The van der Waals surface area contributed by atoms with E-state index in [1.165, 1.54) is 22.1 Å². The smallest absolute Gasteiger partial charge is 0.185 e. The molecule has 0 radical (unpaired) electrons. The number of hydrogen-bond acceptors (Lipinski definition) is 4. The van der Waals surface area contributed by atoms with Crippen molar-refractivity contribution < 1.29 is 0 Å². The first kappa shape index (κ1) is 13.5. The van der Waals surface area contributed by atoms with Crippen LogP contribution in [-0.2, 0) is 13.0 Å². The molecule has 0 amide bonds. The molecule has 1 aromatic heterocycles. The summed E-state index contributed by atoms with van der Waals surface area (Å²) in [6.07, 6.45) is 2.20.